The summed E-state index contributed by atoms with van der Waals surface area (Å²) in [6, 6.07) is 6.96. The summed E-state index contributed by atoms with van der Waals surface area (Å²) >= 11 is 0. The van der Waals surface area contributed by atoms with Gasteiger partial charge in [-0.15, -0.1) is 10.2 Å². The van der Waals surface area contributed by atoms with Gasteiger partial charge in [-0.3, -0.25) is 9.78 Å². The fourth-order valence-corrected chi connectivity index (χ4v) is 3.10. The van der Waals surface area contributed by atoms with Crippen LogP contribution in [0.2, 0.25) is 0 Å². The van der Waals surface area contributed by atoms with Crippen molar-refractivity contribution in [1.29, 1.82) is 0 Å². The van der Waals surface area contributed by atoms with Crippen LogP contribution in [0.15, 0.2) is 41.1 Å². The van der Waals surface area contributed by atoms with Gasteiger partial charge in [-0.25, -0.2) is 0 Å². The van der Waals surface area contributed by atoms with Gasteiger partial charge in [-0.1, -0.05) is 0 Å². The van der Waals surface area contributed by atoms with Crippen molar-refractivity contribution in [2.24, 2.45) is 0 Å². The quantitative estimate of drug-likeness (QED) is 0.716. The lowest BCUT2D eigenvalue weighted by Crippen LogP contribution is -2.41. The van der Waals surface area contributed by atoms with Crippen molar-refractivity contribution >= 4 is 5.91 Å². The Hall–Kier alpha value is -3.16. The smallest absolute Gasteiger partial charge is 0.290 e. The van der Waals surface area contributed by atoms with E-state index in [9.17, 15) is 4.79 Å². The topological polar surface area (TPSA) is 86.3 Å². The van der Waals surface area contributed by atoms with E-state index >= 15 is 0 Å². The highest BCUT2D eigenvalue weighted by atomic mass is 16.5. The predicted molar refractivity (Wildman–Crippen MR) is 91.5 cm³/mol. The number of aryl methyl sites for hydroxylation is 1. The zero-order valence-electron chi connectivity index (χ0n) is 14.6. The molecule has 0 bridgehead atoms. The SMILES string of the molecule is Cc1ccc(C(=O)N2CCn3c(COc4cccnc4)nnc3[C@H]2C)o1. The van der Waals surface area contributed by atoms with Crippen LogP contribution in [0.4, 0.5) is 0 Å². The molecule has 0 radical (unpaired) electrons. The summed E-state index contributed by atoms with van der Waals surface area (Å²) in [6.45, 7) is 5.24. The first-order chi connectivity index (χ1) is 12.6. The van der Waals surface area contributed by atoms with Gasteiger partial charge in [0.2, 0.25) is 0 Å². The number of carbonyl (C=O) groups is 1. The van der Waals surface area contributed by atoms with E-state index in [1.807, 2.05) is 30.5 Å². The van der Waals surface area contributed by atoms with E-state index in [1.54, 1.807) is 29.4 Å². The minimum atomic E-state index is -0.193. The average molecular weight is 353 g/mol. The van der Waals surface area contributed by atoms with Crippen molar-refractivity contribution in [2.75, 3.05) is 6.54 Å². The second-order valence-electron chi connectivity index (χ2n) is 6.19. The molecule has 8 nitrogen and oxygen atoms in total. The van der Waals surface area contributed by atoms with E-state index in [2.05, 4.69) is 15.2 Å². The lowest BCUT2D eigenvalue weighted by Gasteiger charge is -2.33. The molecule has 8 heteroatoms. The Morgan fingerprint density at radius 1 is 1.31 bits per heavy atom. The highest BCUT2D eigenvalue weighted by Gasteiger charge is 2.32. The molecule has 1 amide bonds. The highest BCUT2D eigenvalue weighted by molar-refractivity contribution is 5.91. The second kappa shape index (κ2) is 6.62. The van der Waals surface area contributed by atoms with Crippen molar-refractivity contribution in [3.8, 4) is 5.75 Å². The van der Waals surface area contributed by atoms with Crippen LogP contribution in [-0.2, 0) is 13.2 Å². The van der Waals surface area contributed by atoms with Crippen LogP contribution >= 0.6 is 0 Å². The third-order valence-electron chi connectivity index (χ3n) is 4.48. The van der Waals surface area contributed by atoms with Gasteiger partial charge in [0.05, 0.1) is 12.2 Å². The lowest BCUT2D eigenvalue weighted by atomic mass is 10.2. The Bertz CT molecular complexity index is 918. The normalized spacial score (nSPS) is 16.4. The Morgan fingerprint density at radius 2 is 2.19 bits per heavy atom. The summed E-state index contributed by atoms with van der Waals surface area (Å²) in [5.41, 5.74) is 0. The maximum Gasteiger partial charge on any atom is 0.290 e. The van der Waals surface area contributed by atoms with Gasteiger partial charge >= 0.3 is 0 Å². The third kappa shape index (κ3) is 2.94. The van der Waals surface area contributed by atoms with Gasteiger partial charge in [0.1, 0.15) is 18.1 Å². The van der Waals surface area contributed by atoms with Crippen LogP contribution in [-0.4, -0.2) is 37.1 Å². The summed E-state index contributed by atoms with van der Waals surface area (Å²) in [4.78, 5) is 18.5. The van der Waals surface area contributed by atoms with Crippen LogP contribution in [0.25, 0.3) is 0 Å². The molecule has 0 saturated carbocycles. The Balaban J connectivity index is 1.50. The van der Waals surface area contributed by atoms with Gasteiger partial charge in [0.15, 0.2) is 17.4 Å². The molecule has 0 fully saturated rings. The van der Waals surface area contributed by atoms with E-state index in [4.69, 9.17) is 9.15 Å². The van der Waals surface area contributed by atoms with Crippen LogP contribution in [0.1, 0.15) is 40.9 Å². The summed E-state index contributed by atoms with van der Waals surface area (Å²) in [5, 5.41) is 8.51. The number of ether oxygens (including phenoxy) is 1. The lowest BCUT2D eigenvalue weighted by molar-refractivity contribution is 0.0600. The molecule has 0 N–H and O–H groups in total. The number of hydrogen-bond donors (Lipinski definition) is 0. The van der Waals surface area contributed by atoms with Crippen molar-refractivity contribution in [3.05, 3.63) is 59.8 Å². The van der Waals surface area contributed by atoms with E-state index in [0.717, 1.165) is 17.4 Å². The summed E-state index contributed by atoms with van der Waals surface area (Å²) in [7, 11) is 0. The fourth-order valence-electron chi connectivity index (χ4n) is 3.10. The summed E-state index contributed by atoms with van der Waals surface area (Å²) in [5.74, 6) is 3.10. The van der Waals surface area contributed by atoms with Crippen molar-refractivity contribution in [3.63, 3.8) is 0 Å². The molecule has 0 aliphatic carbocycles. The largest absolute Gasteiger partial charge is 0.484 e. The van der Waals surface area contributed by atoms with Crippen molar-refractivity contribution < 1.29 is 13.9 Å². The van der Waals surface area contributed by atoms with E-state index in [1.165, 1.54) is 0 Å². The molecule has 26 heavy (non-hydrogen) atoms. The minimum absolute atomic E-state index is 0.131. The zero-order chi connectivity index (χ0) is 18.1. The Labute approximate surface area is 150 Å². The molecular weight excluding hydrogens is 334 g/mol. The number of fused-ring (bicyclic) bond motifs is 1. The molecule has 1 aliphatic rings. The average Bonchev–Trinajstić information content (AvgIpc) is 3.27. The number of hydrogen-bond acceptors (Lipinski definition) is 6. The molecule has 4 heterocycles. The summed E-state index contributed by atoms with van der Waals surface area (Å²) < 4.78 is 13.2. The van der Waals surface area contributed by atoms with Gasteiger partial charge in [0.25, 0.3) is 5.91 Å². The number of amides is 1. The number of nitrogens with zero attached hydrogens (tertiary/aromatic N) is 5. The molecular formula is C18H19N5O3. The molecule has 0 spiro atoms. The fraction of sp³-hybridized carbons (Fsp3) is 0.333. The molecule has 0 aromatic carbocycles. The number of carbonyl (C=O) groups excluding carboxylic acids is 1. The molecule has 1 aliphatic heterocycles. The number of furan rings is 1. The first-order valence-electron chi connectivity index (χ1n) is 8.45. The van der Waals surface area contributed by atoms with Crippen LogP contribution in [0.5, 0.6) is 5.75 Å². The number of rotatable bonds is 4. The monoisotopic (exact) mass is 353 g/mol. The molecule has 0 saturated heterocycles. The number of pyridine rings is 1. The van der Waals surface area contributed by atoms with Gasteiger partial charge in [0, 0.05) is 19.3 Å². The van der Waals surface area contributed by atoms with E-state index < -0.39 is 0 Å². The van der Waals surface area contributed by atoms with Crippen molar-refractivity contribution in [2.45, 2.75) is 33.0 Å². The molecule has 1 atom stereocenters. The Kier molecular flexibility index (Phi) is 4.16. The van der Waals surface area contributed by atoms with Gasteiger partial charge in [-0.2, -0.15) is 0 Å². The van der Waals surface area contributed by atoms with Gasteiger partial charge < -0.3 is 18.6 Å². The van der Waals surface area contributed by atoms with E-state index in [-0.39, 0.29) is 11.9 Å². The number of aromatic nitrogens is 4. The second-order valence-corrected chi connectivity index (χ2v) is 6.19. The zero-order valence-corrected chi connectivity index (χ0v) is 14.6. The van der Waals surface area contributed by atoms with Crippen LogP contribution in [0.3, 0.4) is 0 Å². The van der Waals surface area contributed by atoms with Crippen LogP contribution in [0, 0.1) is 6.92 Å². The molecule has 4 rings (SSSR count). The van der Waals surface area contributed by atoms with Crippen molar-refractivity contribution in [1.82, 2.24) is 24.6 Å². The first-order valence-corrected chi connectivity index (χ1v) is 8.45. The standard InChI is InChI=1S/C18H19N5O3/c1-12-5-6-15(26-12)18(24)22-8-9-23-16(20-21-17(23)13(22)2)11-25-14-4-3-7-19-10-14/h3-7,10,13H,8-9,11H2,1-2H3/t13-/m1/s1. The van der Waals surface area contributed by atoms with Gasteiger partial charge in [-0.05, 0) is 38.1 Å². The predicted octanol–water partition coefficient (Wildman–Crippen LogP) is 2.37. The minimum Gasteiger partial charge on any atom is -0.484 e. The third-order valence-corrected chi connectivity index (χ3v) is 4.48. The molecule has 0 unspecified atom stereocenters. The maximum absolute atomic E-state index is 12.7. The van der Waals surface area contributed by atoms with E-state index in [0.29, 0.717) is 31.2 Å². The first kappa shape index (κ1) is 16.3. The Morgan fingerprint density at radius 3 is 2.92 bits per heavy atom. The summed E-state index contributed by atoms with van der Waals surface area (Å²) in [6.07, 6.45) is 3.35. The molecule has 3 aromatic rings. The van der Waals surface area contributed by atoms with Crippen LogP contribution < -0.4 is 4.74 Å². The highest BCUT2D eigenvalue weighted by Crippen LogP contribution is 2.26. The molecule has 134 valence electrons. The molecule has 3 aromatic heterocycles. The maximum atomic E-state index is 12.7.